The summed E-state index contributed by atoms with van der Waals surface area (Å²) >= 11 is 0. The monoisotopic (exact) mass is 208 g/mol. The summed E-state index contributed by atoms with van der Waals surface area (Å²) in [7, 11) is 0. The van der Waals surface area contributed by atoms with E-state index in [1.54, 1.807) is 6.92 Å². The van der Waals surface area contributed by atoms with Crippen LogP contribution in [0.4, 0.5) is 0 Å². The standard InChI is InChI=1S/C8H16O6/c1-2-8(13)7(12)6(11)5(10)4(3-9)14-8/h4-7,9-13H,2-3H2,1H3/t4-,5-,6+,7+,8+/m1/s1. The second-order valence-corrected chi connectivity index (χ2v) is 3.46. The quantitative estimate of drug-likeness (QED) is 0.345. The van der Waals surface area contributed by atoms with Gasteiger partial charge in [0.15, 0.2) is 5.79 Å². The van der Waals surface area contributed by atoms with Gasteiger partial charge in [-0.3, -0.25) is 0 Å². The molecule has 0 amide bonds. The van der Waals surface area contributed by atoms with E-state index in [0.29, 0.717) is 0 Å². The van der Waals surface area contributed by atoms with Gasteiger partial charge in [0.2, 0.25) is 0 Å². The zero-order valence-corrected chi connectivity index (χ0v) is 7.87. The molecule has 0 aromatic heterocycles. The molecular formula is C8H16O6. The summed E-state index contributed by atoms with van der Waals surface area (Å²) in [5.41, 5.74) is 0. The van der Waals surface area contributed by atoms with E-state index in [1.165, 1.54) is 0 Å². The fourth-order valence-corrected chi connectivity index (χ4v) is 1.51. The number of hydrogen-bond acceptors (Lipinski definition) is 6. The highest BCUT2D eigenvalue weighted by Crippen LogP contribution is 2.30. The number of rotatable bonds is 2. The Kier molecular flexibility index (Phi) is 3.46. The van der Waals surface area contributed by atoms with E-state index in [2.05, 4.69) is 0 Å². The Morgan fingerprint density at radius 2 is 1.79 bits per heavy atom. The van der Waals surface area contributed by atoms with E-state index in [-0.39, 0.29) is 6.42 Å². The first kappa shape index (κ1) is 11.8. The Balaban J connectivity index is 2.84. The summed E-state index contributed by atoms with van der Waals surface area (Å²) in [5, 5.41) is 46.6. The van der Waals surface area contributed by atoms with Gasteiger partial charge in [0.25, 0.3) is 0 Å². The second kappa shape index (κ2) is 4.09. The third-order valence-corrected chi connectivity index (χ3v) is 2.56. The molecule has 1 fully saturated rings. The van der Waals surface area contributed by atoms with Gasteiger partial charge in [-0.1, -0.05) is 6.92 Å². The van der Waals surface area contributed by atoms with Crippen molar-refractivity contribution in [3.05, 3.63) is 0 Å². The van der Waals surface area contributed by atoms with Gasteiger partial charge < -0.3 is 30.3 Å². The van der Waals surface area contributed by atoms with Gasteiger partial charge in [0.05, 0.1) is 6.61 Å². The summed E-state index contributed by atoms with van der Waals surface area (Å²) in [6, 6.07) is 0. The van der Waals surface area contributed by atoms with Crippen molar-refractivity contribution in [1.82, 2.24) is 0 Å². The van der Waals surface area contributed by atoms with Crippen molar-refractivity contribution in [3.63, 3.8) is 0 Å². The normalized spacial score (nSPS) is 49.3. The number of hydrogen-bond donors (Lipinski definition) is 5. The first-order valence-corrected chi connectivity index (χ1v) is 4.51. The molecule has 0 aromatic carbocycles. The molecule has 0 unspecified atom stereocenters. The number of aliphatic hydroxyl groups is 5. The van der Waals surface area contributed by atoms with Gasteiger partial charge in [-0.05, 0) is 0 Å². The van der Waals surface area contributed by atoms with Crippen LogP contribution in [0.2, 0.25) is 0 Å². The maximum absolute atomic E-state index is 9.68. The van der Waals surface area contributed by atoms with E-state index in [1.807, 2.05) is 0 Å². The molecule has 0 aliphatic carbocycles. The fourth-order valence-electron chi connectivity index (χ4n) is 1.51. The molecule has 14 heavy (non-hydrogen) atoms. The summed E-state index contributed by atoms with van der Waals surface area (Å²) in [4.78, 5) is 0. The molecule has 1 aliphatic rings. The predicted octanol–water partition coefficient (Wildman–Crippen LogP) is -2.44. The average Bonchev–Trinajstić information content (AvgIpc) is 2.20. The lowest BCUT2D eigenvalue weighted by atomic mass is 9.91. The molecule has 84 valence electrons. The van der Waals surface area contributed by atoms with E-state index < -0.39 is 36.8 Å². The highest BCUT2D eigenvalue weighted by atomic mass is 16.7. The highest BCUT2D eigenvalue weighted by molar-refractivity contribution is 4.95. The van der Waals surface area contributed by atoms with Gasteiger partial charge in [0.1, 0.15) is 24.4 Å². The predicted molar refractivity (Wildman–Crippen MR) is 45.2 cm³/mol. The molecule has 5 N–H and O–H groups in total. The van der Waals surface area contributed by atoms with Crippen LogP contribution in [0.3, 0.4) is 0 Å². The molecule has 0 radical (unpaired) electrons. The van der Waals surface area contributed by atoms with Crippen molar-refractivity contribution >= 4 is 0 Å². The van der Waals surface area contributed by atoms with Crippen LogP contribution >= 0.6 is 0 Å². The topological polar surface area (TPSA) is 110 Å². The molecule has 1 heterocycles. The maximum Gasteiger partial charge on any atom is 0.194 e. The zero-order chi connectivity index (χ0) is 10.9. The molecule has 0 bridgehead atoms. The molecule has 6 nitrogen and oxygen atoms in total. The minimum Gasteiger partial charge on any atom is -0.394 e. The van der Waals surface area contributed by atoms with Gasteiger partial charge in [-0.15, -0.1) is 0 Å². The third-order valence-electron chi connectivity index (χ3n) is 2.56. The average molecular weight is 208 g/mol. The molecule has 1 saturated heterocycles. The Labute approximate surface area is 81.4 Å². The maximum atomic E-state index is 9.68. The summed E-state index contributed by atoms with van der Waals surface area (Å²) in [6.07, 6.45) is -5.54. The first-order chi connectivity index (χ1) is 6.46. The van der Waals surface area contributed by atoms with Gasteiger partial charge >= 0.3 is 0 Å². The molecule has 5 atom stereocenters. The van der Waals surface area contributed by atoms with Crippen LogP contribution in [-0.2, 0) is 4.74 Å². The van der Waals surface area contributed by atoms with Crippen LogP contribution < -0.4 is 0 Å². The van der Waals surface area contributed by atoms with Crippen LogP contribution in [0, 0.1) is 0 Å². The van der Waals surface area contributed by atoms with Gasteiger partial charge in [0, 0.05) is 6.42 Å². The minimum atomic E-state index is -1.91. The zero-order valence-electron chi connectivity index (χ0n) is 7.87. The van der Waals surface area contributed by atoms with Crippen LogP contribution in [0.15, 0.2) is 0 Å². The van der Waals surface area contributed by atoms with Crippen LogP contribution in [-0.4, -0.2) is 62.3 Å². The van der Waals surface area contributed by atoms with Crippen LogP contribution in [0.25, 0.3) is 0 Å². The van der Waals surface area contributed by atoms with Crippen molar-refractivity contribution < 1.29 is 30.3 Å². The van der Waals surface area contributed by atoms with E-state index >= 15 is 0 Å². The lowest BCUT2D eigenvalue weighted by Gasteiger charge is -2.45. The summed E-state index contributed by atoms with van der Waals surface area (Å²) in [6.45, 7) is 1.02. The van der Waals surface area contributed by atoms with Gasteiger partial charge in [-0.2, -0.15) is 0 Å². The van der Waals surface area contributed by atoms with Crippen LogP contribution in [0.1, 0.15) is 13.3 Å². The molecule has 1 aliphatic heterocycles. The second-order valence-electron chi connectivity index (χ2n) is 3.46. The molecule has 0 saturated carbocycles. The van der Waals surface area contributed by atoms with Gasteiger partial charge in [-0.25, -0.2) is 0 Å². The lowest BCUT2D eigenvalue weighted by molar-refractivity contribution is -0.349. The van der Waals surface area contributed by atoms with E-state index in [4.69, 9.17) is 9.84 Å². The molecular weight excluding hydrogens is 192 g/mol. The minimum absolute atomic E-state index is 0.0500. The molecule has 6 heteroatoms. The Morgan fingerprint density at radius 1 is 1.21 bits per heavy atom. The number of aliphatic hydroxyl groups excluding tert-OH is 4. The van der Waals surface area contributed by atoms with Crippen molar-refractivity contribution in [3.8, 4) is 0 Å². The Hall–Kier alpha value is -0.240. The number of ether oxygens (including phenoxy) is 1. The SMILES string of the molecule is CC[C@]1(O)O[C@H](CO)[C@@H](O)[C@H](O)[C@@H]1O. The first-order valence-electron chi connectivity index (χ1n) is 4.51. The van der Waals surface area contributed by atoms with Crippen molar-refractivity contribution in [1.29, 1.82) is 0 Å². The Bertz CT molecular complexity index is 196. The van der Waals surface area contributed by atoms with E-state index in [0.717, 1.165) is 0 Å². The molecule has 1 rings (SSSR count). The summed E-state index contributed by atoms with van der Waals surface area (Å²) < 4.78 is 4.91. The van der Waals surface area contributed by atoms with Crippen molar-refractivity contribution in [2.45, 2.75) is 43.5 Å². The highest BCUT2D eigenvalue weighted by Gasteiger charge is 2.51. The summed E-state index contributed by atoms with van der Waals surface area (Å²) in [5.74, 6) is -1.91. The third kappa shape index (κ3) is 1.77. The smallest absolute Gasteiger partial charge is 0.194 e. The van der Waals surface area contributed by atoms with Crippen molar-refractivity contribution in [2.24, 2.45) is 0 Å². The molecule has 0 aromatic rings. The Morgan fingerprint density at radius 3 is 2.21 bits per heavy atom. The molecule has 0 spiro atoms. The van der Waals surface area contributed by atoms with Crippen LogP contribution in [0.5, 0.6) is 0 Å². The lowest BCUT2D eigenvalue weighted by Crippen LogP contribution is -2.64. The fraction of sp³-hybridized carbons (Fsp3) is 1.00. The van der Waals surface area contributed by atoms with Crippen molar-refractivity contribution in [2.75, 3.05) is 6.61 Å². The van der Waals surface area contributed by atoms with E-state index in [9.17, 15) is 20.4 Å². The largest absolute Gasteiger partial charge is 0.394 e.